The van der Waals surface area contributed by atoms with Crippen molar-refractivity contribution in [3.63, 3.8) is 0 Å². The number of hydrogen-bond acceptors (Lipinski definition) is 9. The molecular weight excluding hydrogens is 560 g/mol. The minimum atomic E-state index is -1.02. The third kappa shape index (κ3) is 3.72. The first kappa shape index (κ1) is 25.5. The van der Waals surface area contributed by atoms with E-state index in [9.17, 15) is 18.8 Å². The summed E-state index contributed by atoms with van der Waals surface area (Å²) in [6.07, 6.45) is -0.229. The summed E-state index contributed by atoms with van der Waals surface area (Å²) in [5.41, 5.74) is 0.729. The molecule has 2 aliphatic heterocycles. The zero-order valence-corrected chi connectivity index (χ0v) is 22.3. The molecule has 4 aromatic rings. The van der Waals surface area contributed by atoms with Gasteiger partial charge in [0.25, 0.3) is 5.91 Å². The number of halogens is 2. The fourth-order valence-electron chi connectivity index (χ4n) is 5.83. The summed E-state index contributed by atoms with van der Waals surface area (Å²) in [4.78, 5) is 40.4. The Bertz CT molecular complexity index is 1810. The van der Waals surface area contributed by atoms with Gasteiger partial charge in [-0.05, 0) is 23.1 Å². The summed E-state index contributed by atoms with van der Waals surface area (Å²) in [7, 11) is 1.12. The lowest BCUT2D eigenvalue weighted by Gasteiger charge is -2.50. The number of rotatable bonds is 4. The summed E-state index contributed by atoms with van der Waals surface area (Å²) >= 11 is 1.36. The van der Waals surface area contributed by atoms with Gasteiger partial charge in [0.1, 0.15) is 12.2 Å². The van der Waals surface area contributed by atoms with Gasteiger partial charge in [0.15, 0.2) is 17.3 Å². The average Bonchev–Trinajstić information content (AvgIpc) is 3.51. The molecule has 1 amide bonds. The molecule has 10 nitrogen and oxygen atoms in total. The minimum Gasteiger partial charge on any atom is -0.451 e. The second-order valence-corrected chi connectivity index (χ2v) is 10.6. The van der Waals surface area contributed by atoms with Crippen LogP contribution in [0.4, 0.5) is 13.6 Å². The maximum absolute atomic E-state index is 15.5. The van der Waals surface area contributed by atoms with Gasteiger partial charge in [0, 0.05) is 39.5 Å². The Hall–Kier alpha value is -4.49. The predicted molar refractivity (Wildman–Crippen MR) is 143 cm³/mol. The van der Waals surface area contributed by atoms with Crippen molar-refractivity contribution < 1.29 is 37.3 Å². The van der Waals surface area contributed by atoms with Crippen LogP contribution in [0, 0.1) is 11.6 Å². The first-order chi connectivity index (χ1) is 19.9. The van der Waals surface area contributed by atoms with Crippen molar-refractivity contribution in [2.45, 2.75) is 12.2 Å². The number of ether oxygens (including phenoxy) is 4. The molecule has 41 heavy (non-hydrogen) atoms. The maximum atomic E-state index is 15.5. The molecule has 0 N–H and O–H groups in total. The Morgan fingerprint density at radius 1 is 1.15 bits per heavy atom. The first-order valence-electron chi connectivity index (χ1n) is 12.7. The van der Waals surface area contributed by atoms with E-state index in [1.165, 1.54) is 28.3 Å². The highest BCUT2D eigenvalue weighted by atomic mass is 32.1. The molecule has 1 aliphatic carbocycles. The number of hydrogen-bond donors (Lipinski definition) is 0. The molecule has 210 valence electrons. The number of methoxy groups -OCH3 is 1. The van der Waals surface area contributed by atoms with E-state index in [1.54, 1.807) is 11.0 Å². The van der Waals surface area contributed by atoms with Crippen molar-refractivity contribution in [3.05, 3.63) is 87.3 Å². The summed E-state index contributed by atoms with van der Waals surface area (Å²) in [5, 5.41) is 2.70. The van der Waals surface area contributed by atoms with Crippen molar-refractivity contribution in [2.24, 2.45) is 0 Å². The minimum absolute atomic E-state index is 0.0961. The summed E-state index contributed by atoms with van der Waals surface area (Å²) in [5.74, 6) is -2.73. The number of carbonyl (C=O) groups is 2. The number of morpholine rings is 1. The highest BCUT2D eigenvalue weighted by Gasteiger charge is 2.49. The number of nitrogens with zero attached hydrogens (tertiary/aromatic N) is 3. The van der Waals surface area contributed by atoms with Crippen LogP contribution in [-0.4, -0.2) is 61.5 Å². The largest absolute Gasteiger partial charge is 0.510 e. The van der Waals surface area contributed by atoms with E-state index < -0.39 is 48.1 Å². The normalized spacial score (nSPS) is 19.0. The highest BCUT2D eigenvalue weighted by Crippen LogP contribution is 2.55. The lowest BCUT2D eigenvalue weighted by molar-refractivity contribution is -0.0206. The molecule has 4 heterocycles. The van der Waals surface area contributed by atoms with Crippen molar-refractivity contribution in [1.82, 2.24) is 9.58 Å². The Kier molecular flexibility index (Phi) is 5.94. The van der Waals surface area contributed by atoms with Gasteiger partial charge < -0.3 is 23.8 Å². The molecule has 0 radical (unpaired) electrons. The van der Waals surface area contributed by atoms with Crippen LogP contribution >= 0.6 is 11.3 Å². The van der Waals surface area contributed by atoms with Crippen molar-refractivity contribution >= 4 is 33.5 Å². The van der Waals surface area contributed by atoms with Gasteiger partial charge in [0.05, 0.1) is 20.3 Å². The monoisotopic (exact) mass is 581 g/mol. The van der Waals surface area contributed by atoms with Gasteiger partial charge in [-0.3, -0.25) is 19.3 Å². The van der Waals surface area contributed by atoms with Crippen LogP contribution in [0.5, 0.6) is 5.75 Å². The van der Waals surface area contributed by atoms with Crippen LogP contribution in [0.3, 0.4) is 0 Å². The molecule has 13 heteroatoms. The molecule has 2 atom stereocenters. The van der Waals surface area contributed by atoms with Crippen molar-refractivity contribution in [2.75, 3.05) is 38.7 Å². The summed E-state index contributed by atoms with van der Waals surface area (Å²) in [6.45, 7) is -0.0566. The van der Waals surface area contributed by atoms with E-state index in [2.05, 4.69) is 4.74 Å². The van der Waals surface area contributed by atoms with E-state index in [4.69, 9.17) is 14.2 Å². The molecule has 3 aliphatic rings. The molecule has 2 unspecified atom stereocenters. The fraction of sp³-hybridized carbons (Fsp3) is 0.250. The van der Waals surface area contributed by atoms with Gasteiger partial charge >= 0.3 is 6.16 Å². The number of pyridine rings is 1. The van der Waals surface area contributed by atoms with Gasteiger partial charge in [-0.15, -0.1) is 11.3 Å². The maximum Gasteiger partial charge on any atom is 0.510 e. The Morgan fingerprint density at radius 2 is 1.98 bits per heavy atom. The van der Waals surface area contributed by atoms with Gasteiger partial charge in [-0.1, -0.05) is 24.3 Å². The lowest BCUT2D eigenvalue weighted by atomic mass is 10.0. The van der Waals surface area contributed by atoms with Crippen LogP contribution in [0.1, 0.15) is 27.7 Å². The van der Waals surface area contributed by atoms with E-state index in [0.29, 0.717) is 10.4 Å². The molecule has 1 fully saturated rings. The molecule has 0 saturated carbocycles. The predicted octanol–water partition coefficient (Wildman–Crippen LogP) is 3.98. The zero-order valence-electron chi connectivity index (χ0n) is 21.5. The fourth-order valence-corrected chi connectivity index (χ4v) is 7.13. The van der Waals surface area contributed by atoms with Gasteiger partial charge in [-0.25, -0.2) is 13.6 Å². The Balaban J connectivity index is 1.47. The van der Waals surface area contributed by atoms with E-state index in [0.717, 1.165) is 28.8 Å². The smallest absolute Gasteiger partial charge is 0.451 e. The number of aromatic nitrogens is 1. The summed E-state index contributed by atoms with van der Waals surface area (Å²) in [6, 6.07) is 10.8. The molecule has 7 rings (SSSR count). The molecule has 2 aromatic carbocycles. The number of thiophene rings is 1. The number of fused-ring (bicyclic) bond motifs is 7. The molecule has 0 spiro atoms. The number of amides is 1. The topological polar surface area (TPSA) is 99.5 Å². The Morgan fingerprint density at radius 3 is 2.80 bits per heavy atom. The highest BCUT2D eigenvalue weighted by molar-refractivity contribution is 7.22. The summed E-state index contributed by atoms with van der Waals surface area (Å²) < 4.78 is 53.0. The zero-order chi connectivity index (χ0) is 28.4. The van der Waals surface area contributed by atoms with Crippen molar-refractivity contribution in [1.29, 1.82) is 0 Å². The van der Waals surface area contributed by atoms with Crippen LogP contribution < -0.4 is 15.2 Å². The number of carbonyl (C=O) groups excluding carboxylic acids is 2. The Labute approximate surface area is 234 Å². The van der Waals surface area contributed by atoms with Gasteiger partial charge in [-0.2, -0.15) is 0 Å². The second kappa shape index (κ2) is 9.56. The first-order valence-corrected chi connectivity index (χ1v) is 13.5. The SMILES string of the molecule is COC(=O)OCOc1c2n(ccc1=O)N(C1c3ccc(F)c(F)c3-c3sc4ccccc4c31)C1COCCN1C2=O. The van der Waals surface area contributed by atoms with Crippen LogP contribution in [0.15, 0.2) is 53.5 Å². The number of benzene rings is 2. The van der Waals surface area contributed by atoms with E-state index in [-0.39, 0.29) is 36.8 Å². The third-order valence-corrected chi connectivity index (χ3v) is 8.73. The van der Waals surface area contributed by atoms with Crippen LogP contribution in [0.2, 0.25) is 0 Å². The quantitative estimate of drug-likeness (QED) is 0.264. The molecular formula is C28H21F2N3O7S. The lowest BCUT2D eigenvalue weighted by Crippen LogP contribution is -2.66. The molecule has 1 saturated heterocycles. The average molecular weight is 582 g/mol. The van der Waals surface area contributed by atoms with E-state index in [1.807, 2.05) is 29.3 Å². The third-order valence-electron chi connectivity index (χ3n) is 7.52. The standard InChI is InChI=1S/C28H21F2N3O7S/c1-37-28(36)40-13-39-25-17(34)8-9-32-24(25)27(35)31-10-11-38-12-19(31)33(32)23-15-6-7-16(29)22(30)20(15)26-21(23)14-4-2-3-5-18(14)41-26/h2-9,19,23H,10-13H2,1H3. The molecule has 2 aromatic heterocycles. The van der Waals surface area contributed by atoms with Gasteiger partial charge in [0.2, 0.25) is 18.0 Å². The van der Waals surface area contributed by atoms with Crippen LogP contribution in [0.25, 0.3) is 20.5 Å². The van der Waals surface area contributed by atoms with E-state index >= 15 is 4.39 Å². The van der Waals surface area contributed by atoms with Crippen molar-refractivity contribution in [3.8, 4) is 16.2 Å². The van der Waals surface area contributed by atoms with Crippen LogP contribution in [-0.2, 0) is 14.2 Å². The molecule has 0 bridgehead atoms. The second-order valence-electron chi connectivity index (χ2n) is 9.57.